The van der Waals surface area contributed by atoms with Crippen molar-refractivity contribution in [3.63, 3.8) is 0 Å². The summed E-state index contributed by atoms with van der Waals surface area (Å²) in [6.45, 7) is 2.07. The molecule has 2 aromatic rings. The molecular formula is C14H12F2. The van der Waals surface area contributed by atoms with Crippen molar-refractivity contribution in [3.05, 3.63) is 59.7 Å². The molecule has 0 aliphatic heterocycles. The molecule has 0 atom stereocenters. The maximum Gasteiger partial charge on any atom is 0.126 e. The summed E-state index contributed by atoms with van der Waals surface area (Å²) in [4.78, 5) is 0. The van der Waals surface area contributed by atoms with Crippen LogP contribution in [0, 0.1) is 11.6 Å². The molecule has 0 N–H and O–H groups in total. The quantitative estimate of drug-likeness (QED) is 0.708. The van der Waals surface area contributed by atoms with Crippen LogP contribution in [0.3, 0.4) is 0 Å². The molecular weight excluding hydrogens is 206 g/mol. The van der Waals surface area contributed by atoms with Crippen LogP contribution in [-0.2, 0) is 6.42 Å². The van der Waals surface area contributed by atoms with Crippen molar-refractivity contribution in [2.75, 3.05) is 0 Å². The van der Waals surface area contributed by atoms with Crippen LogP contribution in [0.2, 0.25) is 0 Å². The zero-order valence-electron chi connectivity index (χ0n) is 9.00. The minimum Gasteiger partial charge on any atom is -0.207 e. The van der Waals surface area contributed by atoms with Gasteiger partial charge in [-0.2, -0.15) is 0 Å². The Labute approximate surface area is 93.5 Å². The first kappa shape index (κ1) is 10.8. The van der Waals surface area contributed by atoms with Crippen LogP contribution in [0.1, 0.15) is 12.5 Å². The summed E-state index contributed by atoms with van der Waals surface area (Å²) in [6, 6.07) is 11.3. The van der Waals surface area contributed by atoms with E-state index >= 15 is 0 Å². The molecule has 0 radical (unpaired) electrons. The first-order valence-electron chi connectivity index (χ1n) is 5.24. The first-order valence-corrected chi connectivity index (χ1v) is 5.24. The van der Waals surface area contributed by atoms with Gasteiger partial charge in [0, 0.05) is 6.07 Å². The highest BCUT2D eigenvalue weighted by Crippen LogP contribution is 2.22. The van der Waals surface area contributed by atoms with Gasteiger partial charge in [-0.1, -0.05) is 31.2 Å². The Bertz CT molecular complexity index is 466. The summed E-state index contributed by atoms with van der Waals surface area (Å²) in [5, 5.41) is 0. The second kappa shape index (κ2) is 4.44. The van der Waals surface area contributed by atoms with Crippen LogP contribution in [-0.4, -0.2) is 0 Å². The van der Waals surface area contributed by atoms with Gasteiger partial charge in [0.1, 0.15) is 11.6 Å². The van der Waals surface area contributed by atoms with Gasteiger partial charge in [-0.05, 0) is 35.2 Å². The van der Waals surface area contributed by atoms with E-state index in [0.29, 0.717) is 5.56 Å². The minimum absolute atomic E-state index is 0.547. The lowest BCUT2D eigenvalue weighted by Gasteiger charge is -2.03. The fourth-order valence-electron chi connectivity index (χ4n) is 1.65. The molecule has 0 nitrogen and oxygen atoms in total. The van der Waals surface area contributed by atoms with Gasteiger partial charge in [-0.3, -0.25) is 0 Å². The molecule has 2 aromatic carbocycles. The van der Waals surface area contributed by atoms with E-state index in [-0.39, 0.29) is 0 Å². The third-order valence-corrected chi connectivity index (χ3v) is 2.56. The maximum absolute atomic E-state index is 13.0. The summed E-state index contributed by atoms with van der Waals surface area (Å²) in [6.07, 6.45) is 0.956. The molecule has 2 heteroatoms. The molecule has 0 saturated carbocycles. The van der Waals surface area contributed by atoms with Crippen molar-refractivity contribution in [1.29, 1.82) is 0 Å². The minimum atomic E-state index is -0.547. The Morgan fingerprint density at radius 1 is 0.812 bits per heavy atom. The van der Waals surface area contributed by atoms with Gasteiger partial charge in [0.25, 0.3) is 0 Å². The van der Waals surface area contributed by atoms with E-state index in [0.717, 1.165) is 18.1 Å². The molecule has 2 rings (SSSR count). The molecule has 0 aliphatic carbocycles. The van der Waals surface area contributed by atoms with Crippen molar-refractivity contribution in [2.45, 2.75) is 13.3 Å². The van der Waals surface area contributed by atoms with Crippen LogP contribution in [0.5, 0.6) is 0 Å². The molecule has 0 unspecified atom stereocenters. The highest BCUT2D eigenvalue weighted by atomic mass is 19.1. The summed E-state index contributed by atoms with van der Waals surface area (Å²) in [7, 11) is 0. The zero-order valence-corrected chi connectivity index (χ0v) is 9.00. The zero-order chi connectivity index (χ0) is 11.5. The summed E-state index contributed by atoms with van der Waals surface area (Å²) < 4.78 is 26.0. The molecule has 0 heterocycles. The van der Waals surface area contributed by atoms with E-state index in [1.54, 1.807) is 0 Å². The van der Waals surface area contributed by atoms with Crippen LogP contribution in [0.15, 0.2) is 42.5 Å². The van der Waals surface area contributed by atoms with E-state index in [1.807, 2.05) is 24.3 Å². The van der Waals surface area contributed by atoms with E-state index in [1.165, 1.54) is 17.7 Å². The monoisotopic (exact) mass is 218 g/mol. The van der Waals surface area contributed by atoms with E-state index < -0.39 is 11.6 Å². The number of halogens is 2. The Hall–Kier alpha value is -1.70. The van der Waals surface area contributed by atoms with Crippen LogP contribution in [0.25, 0.3) is 11.1 Å². The predicted octanol–water partition coefficient (Wildman–Crippen LogP) is 4.19. The second-order valence-corrected chi connectivity index (χ2v) is 3.71. The van der Waals surface area contributed by atoms with Crippen molar-refractivity contribution in [2.24, 2.45) is 0 Å². The molecule has 0 amide bonds. The predicted molar refractivity (Wildman–Crippen MR) is 61.2 cm³/mol. The largest absolute Gasteiger partial charge is 0.207 e. The molecule has 0 aromatic heterocycles. The third-order valence-electron chi connectivity index (χ3n) is 2.56. The lowest BCUT2D eigenvalue weighted by atomic mass is 10.0. The SMILES string of the molecule is CCc1ccc(-c2cc(F)cc(F)c2)cc1. The van der Waals surface area contributed by atoms with Gasteiger partial charge in [0.15, 0.2) is 0 Å². The smallest absolute Gasteiger partial charge is 0.126 e. The third kappa shape index (κ3) is 2.27. The number of hydrogen-bond acceptors (Lipinski definition) is 0. The van der Waals surface area contributed by atoms with E-state index in [4.69, 9.17) is 0 Å². The molecule has 0 aliphatic rings. The second-order valence-electron chi connectivity index (χ2n) is 3.71. The van der Waals surface area contributed by atoms with Gasteiger partial charge in [-0.25, -0.2) is 8.78 Å². The summed E-state index contributed by atoms with van der Waals surface area (Å²) in [5.74, 6) is -1.09. The van der Waals surface area contributed by atoms with Gasteiger partial charge in [-0.15, -0.1) is 0 Å². The Kier molecular flexibility index (Phi) is 3.00. The van der Waals surface area contributed by atoms with Crippen molar-refractivity contribution in [3.8, 4) is 11.1 Å². The number of benzene rings is 2. The Morgan fingerprint density at radius 3 is 1.88 bits per heavy atom. The van der Waals surface area contributed by atoms with Gasteiger partial charge in [0.05, 0.1) is 0 Å². The van der Waals surface area contributed by atoms with Gasteiger partial charge in [0.2, 0.25) is 0 Å². The average molecular weight is 218 g/mol. The lowest BCUT2D eigenvalue weighted by Crippen LogP contribution is -1.85. The fraction of sp³-hybridized carbons (Fsp3) is 0.143. The standard InChI is InChI=1S/C14H12F2/c1-2-10-3-5-11(6-4-10)12-7-13(15)9-14(16)8-12/h3-9H,2H2,1H3. The molecule has 0 bridgehead atoms. The molecule has 0 fully saturated rings. The molecule has 0 spiro atoms. The highest BCUT2D eigenvalue weighted by Gasteiger charge is 2.02. The van der Waals surface area contributed by atoms with Gasteiger partial charge >= 0.3 is 0 Å². The number of hydrogen-bond donors (Lipinski definition) is 0. The van der Waals surface area contributed by atoms with Crippen LogP contribution in [0.4, 0.5) is 8.78 Å². The summed E-state index contributed by atoms with van der Waals surface area (Å²) in [5.41, 5.74) is 2.61. The Morgan fingerprint density at radius 2 is 1.38 bits per heavy atom. The van der Waals surface area contributed by atoms with Crippen molar-refractivity contribution in [1.82, 2.24) is 0 Å². The average Bonchev–Trinajstić information content (AvgIpc) is 2.28. The topological polar surface area (TPSA) is 0 Å². The maximum atomic E-state index is 13.0. The molecule has 0 saturated heterocycles. The van der Waals surface area contributed by atoms with Crippen LogP contribution < -0.4 is 0 Å². The normalized spacial score (nSPS) is 10.4. The Balaban J connectivity index is 2.42. The van der Waals surface area contributed by atoms with E-state index in [2.05, 4.69) is 6.92 Å². The van der Waals surface area contributed by atoms with Crippen LogP contribution >= 0.6 is 0 Å². The number of rotatable bonds is 2. The summed E-state index contributed by atoms with van der Waals surface area (Å²) >= 11 is 0. The van der Waals surface area contributed by atoms with E-state index in [9.17, 15) is 8.78 Å². The van der Waals surface area contributed by atoms with Gasteiger partial charge < -0.3 is 0 Å². The first-order chi connectivity index (χ1) is 7.69. The lowest BCUT2D eigenvalue weighted by molar-refractivity contribution is 0.584. The molecule has 16 heavy (non-hydrogen) atoms. The van der Waals surface area contributed by atoms with Crippen molar-refractivity contribution >= 4 is 0 Å². The van der Waals surface area contributed by atoms with Crippen molar-refractivity contribution < 1.29 is 8.78 Å². The fourth-order valence-corrected chi connectivity index (χ4v) is 1.65. The number of aryl methyl sites for hydroxylation is 1. The molecule has 82 valence electrons. The highest BCUT2D eigenvalue weighted by molar-refractivity contribution is 5.63.